The molecule has 0 radical (unpaired) electrons. The standard InChI is InChI=1S/C21H28N4O/c26-21(16-8-2-1-3-9-16)23-15-17-14-20(19-12-6-7-13-22-19)25(24-17)18-10-4-5-11-18/h6-7,12-14,16,18H,1-5,8-11,15H2,(H,23,26). The average molecular weight is 352 g/mol. The van der Waals surface area contributed by atoms with E-state index >= 15 is 0 Å². The zero-order chi connectivity index (χ0) is 17.8. The number of nitrogens with one attached hydrogen (secondary N) is 1. The minimum Gasteiger partial charge on any atom is -0.350 e. The molecule has 0 aromatic carbocycles. The summed E-state index contributed by atoms with van der Waals surface area (Å²) in [6.45, 7) is 0.509. The van der Waals surface area contributed by atoms with Gasteiger partial charge in [0.25, 0.3) is 0 Å². The SMILES string of the molecule is O=C(NCc1cc(-c2ccccn2)n(C2CCCC2)n1)C1CCCCC1. The van der Waals surface area contributed by atoms with Gasteiger partial charge in [-0.1, -0.05) is 38.2 Å². The highest BCUT2D eigenvalue weighted by atomic mass is 16.1. The molecule has 2 aliphatic rings. The lowest BCUT2D eigenvalue weighted by Gasteiger charge is -2.20. The van der Waals surface area contributed by atoms with Crippen LogP contribution in [0, 0.1) is 5.92 Å². The molecule has 0 bridgehead atoms. The fraction of sp³-hybridized carbons (Fsp3) is 0.571. The summed E-state index contributed by atoms with van der Waals surface area (Å²) in [5.74, 6) is 0.385. The second kappa shape index (κ2) is 8.02. The van der Waals surface area contributed by atoms with Crippen molar-refractivity contribution in [1.29, 1.82) is 0 Å². The predicted octanol–water partition coefficient (Wildman–Crippen LogP) is 4.26. The molecule has 5 heteroatoms. The summed E-state index contributed by atoms with van der Waals surface area (Å²) in [5.41, 5.74) is 2.96. The van der Waals surface area contributed by atoms with Crippen LogP contribution in [0.5, 0.6) is 0 Å². The summed E-state index contributed by atoms with van der Waals surface area (Å²) in [5, 5.41) is 7.96. The van der Waals surface area contributed by atoms with Crippen molar-refractivity contribution in [2.75, 3.05) is 0 Å². The van der Waals surface area contributed by atoms with Gasteiger partial charge in [0.2, 0.25) is 5.91 Å². The third-order valence-electron chi connectivity index (χ3n) is 5.80. The van der Waals surface area contributed by atoms with Crippen LogP contribution in [0.1, 0.15) is 69.5 Å². The summed E-state index contributed by atoms with van der Waals surface area (Å²) in [6, 6.07) is 8.54. The van der Waals surface area contributed by atoms with E-state index in [4.69, 9.17) is 5.10 Å². The first-order valence-electron chi connectivity index (χ1n) is 10.1. The van der Waals surface area contributed by atoms with Crippen LogP contribution in [0.2, 0.25) is 0 Å². The summed E-state index contributed by atoms with van der Waals surface area (Å²) in [7, 11) is 0. The molecule has 5 nitrogen and oxygen atoms in total. The zero-order valence-electron chi connectivity index (χ0n) is 15.4. The first-order valence-corrected chi connectivity index (χ1v) is 10.1. The fourth-order valence-electron chi connectivity index (χ4n) is 4.35. The molecule has 0 aliphatic heterocycles. The number of pyridine rings is 1. The smallest absolute Gasteiger partial charge is 0.223 e. The Bertz CT molecular complexity index is 728. The van der Waals surface area contributed by atoms with Crippen molar-refractivity contribution in [3.63, 3.8) is 0 Å². The Balaban J connectivity index is 1.50. The number of nitrogens with zero attached hydrogens (tertiary/aromatic N) is 3. The van der Waals surface area contributed by atoms with Gasteiger partial charge in [-0.05, 0) is 43.9 Å². The van der Waals surface area contributed by atoms with Gasteiger partial charge in [0.05, 0.1) is 29.7 Å². The topological polar surface area (TPSA) is 59.8 Å². The van der Waals surface area contributed by atoms with E-state index in [1.807, 2.05) is 24.4 Å². The molecule has 0 unspecified atom stereocenters. The Labute approximate surface area is 155 Å². The van der Waals surface area contributed by atoms with Crippen LogP contribution in [-0.2, 0) is 11.3 Å². The van der Waals surface area contributed by atoms with E-state index in [2.05, 4.69) is 21.0 Å². The summed E-state index contributed by atoms with van der Waals surface area (Å²) in [4.78, 5) is 16.9. The predicted molar refractivity (Wildman–Crippen MR) is 101 cm³/mol. The van der Waals surface area contributed by atoms with Gasteiger partial charge in [-0.25, -0.2) is 0 Å². The monoisotopic (exact) mass is 352 g/mol. The van der Waals surface area contributed by atoms with E-state index in [0.717, 1.165) is 29.9 Å². The largest absolute Gasteiger partial charge is 0.350 e. The maximum absolute atomic E-state index is 12.4. The lowest BCUT2D eigenvalue weighted by atomic mass is 9.89. The summed E-state index contributed by atoms with van der Waals surface area (Å²) >= 11 is 0. The minimum atomic E-state index is 0.191. The van der Waals surface area contributed by atoms with E-state index in [1.54, 1.807) is 0 Å². The number of hydrogen-bond acceptors (Lipinski definition) is 3. The van der Waals surface area contributed by atoms with Crippen molar-refractivity contribution in [3.8, 4) is 11.4 Å². The molecule has 2 aromatic rings. The second-order valence-corrected chi connectivity index (χ2v) is 7.67. The van der Waals surface area contributed by atoms with Crippen LogP contribution in [-0.4, -0.2) is 20.7 Å². The van der Waals surface area contributed by atoms with Crippen LogP contribution < -0.4 is 5.32 Å². The molecule has 2 heterocycles. The van der Waals surface area contributed by atoms with Crippen molar-refractivity contribution in [1.82, 2.24) is 20.1 Å². The highest BCUT2D eigenvalue weighted by Gasteiger charge is 2.24. The average Bonchev–Trinajstić information content (AvgIpc) is 3.37. The normalized spacial score (nSPS) is 18.9. The molecule has 1 amide bonds. The molecular weight excluding hydrogens is 324 g/mol. The fourth-order valence-corrected chi connectivity index (χ4v) is 4.35. The summed E-state index contributed by atoms with van der Waals surface area (Å²) < 4.78 is 2.15. The summed E-state index contributed by atoms with van der Waals surface area (Å²) in [6.07, 6.45) is 12.4. The van der Waals surface area contributed by atoms with Crippen molar-refractivity contribution < 1.29 is 4.79 Å². The van der Waals surface area contributed by atoms with Crippen LogP contribution in [0.25, 0.3) is 11.4 Å². The molecule has 2 aliphatic carbocycles. The van der Waals surface area contributed by atoms with Crippen LogP contribution in [0.15, 0.2) is 30.5 Å². The number of carbonyl (C=O) groups is 1. The Morgan fingerprint density at radius 1 is 1.08 bits per heavy atom. The molecule has 2 fully saturated rings. The van der Waals surface area contributed by atoms with Gasteiger partial charge in [-0.3, -0.25) is 14.5 Å². The highest BCUT2D eigenvalue weighted by molar-refractivity contribution is 5.78. The molecule has 1 N–H and O–H groups in total. The molecule has 4 rings (SSSR count). The van der Waals surface area contributed by atoms with Crippen molar-refractivity contribution in [3.05, 3.63) is 36.2 Å². The Morgan fingerprint density at radius 3 is 2.58 bits per heavy atom. The van der Waals surface area contributed by atoms with Gasteiger partial charge in [-0.15, -0.1) is 0 Å². The number of rotatable bonds is 5. The molecule has 138 valence electrons. The molecule has 0 atom stereocenters. The molecule has 2 saturated carbocycles. The molecule has 2 aromatic heterocycles. The van der Waals surface area contributed by atoms with E-state index < -0.39 is 0 Å². The van der Waals surface area contributed by atoms with Crippen molar-refractivity contribution in [2.24, 2.45) is 5.92 Å². The van der Waals surface area contributed by atoms with Gasteiger partial charge in [0.1, 0.15) is 0 Å². The van der Waals surface area contributed by atoms with Gasteiger partial charge < -0.3 is 5.32 Å². The maximum atomic E-state index is 12.4. The molecule has 0 spiro atoms. The number of hydrogen-bond donors (Lipinski definition) is 1. The number of aromatic nitrogens is 3. The number of amides is 1. The third kappa shape index (κ3) is 3.81. The van der Waals surface area contributed by atoms with Gasteiger partial charge >= 0.3 is 0 Å². The van der Waals surface area contributed by atoms with Crippen LogP contribution >= 0.6 is 0 Å². The molecule has 0 saturated heterocycles. The Hall–Kier alpha value is -2.17. The minimum absolute atomic E-state index is 0.191. The Kier molecular flexibility index (Phi) is 5.32. The van der Waals surface area contributed by atoms with Crippen LogP contribution in [0.4, 0.5) is 0 Å². The van der Waals surface area contributed by atoms with E-state index in [1.165, 1.54) is 44.9 Å². The van der Waals surface area contributed by atoms with E-state index in [-0.39, 0.29) is 11.8 Å². The quantitative estimate of drug-likeness (QED) is 0.875. The van der Waals surface area contributed by atoms with Gasteiger partial charge in [0, 0.05) is 12.1 Å². The van der Waals surface area contributed by atoms with Crippen LogP contribution in [0.3, 0.4) is 0 Å². The maximum Gasteiger partial charge on any atom is 0.223 e. The first kappa shape index (κ1) is 17.3. The number of carbonyl (C=O) groups excluding carboxylic acids is 1. The Morgan fingerprint density at radius 2 is 1.85 bits per heavy atom. The second-order valence-electron chi connectivity index (χ2n) is 7.67. The molecule has 26 heavy (non-hydrogen) atoms. The lowest BCUT2D eigenvalue weighted by molar-refractivity contribution is -0.126. The first-order chi connectivity index (χ1) is 12.8. The van der Waals surface area contributed by atoms with Crippen molar-refractivity contribution in [2.45, 2.75) is 70.4 Å². The lowest BCUT2D eigenvalue weighted by Crippen LogP contribution is -2.31. The zero-order valence-corrected chi connectivity index (χ0v) is 15.4. The van der Waals surface area contributed by atoms with Gasteiger partial charge in [0.15, 0.2) is 0 Å². The highest BCUT2D eigenvalue weighted by Crippen LogP contribution is 2.33. The third-order valence-corrected chi connectivity index (χ3v) is 5.80. The van der Waals surface area contributed by atoms with Crippen molar-refractivity contribution >= 4 is 5.91 Å². The van der Waals surface area contributed by atoms with Gasteiger partial charge in [-0.2, -0.15) is 5.10 Å². The van der Waals surface area contributed by atoms with E-state index in [9.17, 15) is 4.79 Å². The van der Waals surface area contributed by atoms with E-state index in [0.29, 0.717) is 12.6 Å². The molecular formula is C21H28N4O.